The van der Waals surface area contributed by atoms with E-state index in [2.05, 4.69) is 10.2 Å². The third-order valence-electron chi connectivity index (χ3n) is 3.24. The third-order valence-corrected chi connectivity index (χ3v) is 5.21. The average Bonchev–Trinajstić information content (AvgIpc) is 2.43. The molecular formula is C15H15ClF2N2OSi. The molecule has 1 aromatic carbocycles. The average molecular weight is 341 g/mol. The van der Waals surface area contributed by atoms with E-state index in [0.29, 0.717) is 0 Å². The maximum absolute atomic E-state index is 14.2. The molecule has 1 aromatic heterocycles. The first-order valence-corrected chi connectivity index (χ1v) is 10.6. The van der Waals surface area contributed by atoms with E-state index >= 15 is 0 Å². The van der Waals surface area contributed by atoms with E-state index in [-0.39, 0.29) is 21.8 Å². The van der Waals surface area contributed by atoms with Gasteiger partial charge in [0, 0.05) is 5.56 Å². The highest BCUT2D eigenvalue weighted by Gasteiger charge is 2.37. The summed E-state index contributed by atoms with van der Waals surface area (Å²) in [5.41, 5.74) is -0.0904. The molecule has 0 radical (unpaired) electrons. The fraction of sp³-hybridized carbons (Fsp3) is 0.267. The molecule has 0 spiro atoms. The number of hydrogen-bond donors (Lipinski definition) is 0. The lowest BCUT2D eigenvalue weighted by molar-refractivity contribution is -0.113. The number of benzene rings is 1. The van der Waals surface area contributed by atoms with Crippen LogP contribution in [0.1, 0.15) is 17.2 Å². The summed E-state index contributed by atoms with van der Waals surface area (Å²) in [6, 6.07) is 6.45. The molecule has 0 N–H and O–H groups in total. The molecule has 1 heterocycles. The number of aromatic nitrogens is 2. The Morgan fingerprint density at radius 2 is 1.68 bits per heavy atom. The number of halogens is 3. The van der Waals surface area contributed by atoms with Crippen molar-refractivity contribution in [1.29, 1.82) is 0 Å². The number of carbonyl (C=O) groups is 1. The highest BCUT2D eigenvalue weighted by atomic mass is 35.5. The molecule has 0 aliphatic rings. The molecule has 2 aromatic rings. The van der Waals surface area contributed by atoms with Crippen molar-refractivity contribution in [3.63, 3.8) is 0 Å². The second-order valence-electron chi connectivity index (χ2n) is 5.96. The number of rotatable bonds is 4. The number of carbonyl (C=O) groups excluding carboxylic acids is 1. The Morgan fingerprint density at radius 3 is 2.14 bits per heavy atom. The Hall–Kier alpha value is -1.66. The van der Waals surface area contributed by atoms with E-state index in [4.69, 9.17) is 11.6 Å². The highest BCUT2D eigenvalue weighted by molar-refractivity contribution is 7.04. The van der Waals surface area contributed by atoms with Crippen LogP contribution in [-0.4, -0.2) is 23.7 Å². The largest absolute Gasteiger partial charge is 0.304 e. The van der Waals surface area contributed by atoms with Gasteiger partial charge in [-0.2, -0.15) is 5.10 Å². The fourth-order valence-corrected chi connectivity index (χ4v) is 3.37. The standard InChI is InChI=1S/C15H15ClF2N2OSi/c1-22(2,3)15(21)14(11-7-8-12(16)20-19-11)13-9(17)5-4-6-10(13)18/h4-8,14H,1-3H3. The maximum Gasteiger partial charge on any atom is 0.151 e. The molecule has 0 fully saturated rings. The van der Waals surface area contributed by atoms with Crippen molar-refractivity contribution in [2.45, 2.75) is 25.6 Å². The molecule has 0 saturated carbocycles. The molecule has 7 heteroatoms. The summed E-state index contributed by atoms with van der Waals surface area (Å²) in [6.07, 6.45) is 0. The predicted molar refractivity (Wildman–Crippen MR) is 83.6 cm³/mol. The molecule has 2 rings (SSSR count). The molecule has 1 atom stereocenters. The second kappa shape index (κ2) is 6.22. The minimum absolute atomic E-state index is 0.150. The van der Waals surface area contributed by atoms with Gasteiger partial charge in [-0.1, -0.05) is 37.3 Å². The van der Waals surface area contributed by atoms with Crippen LogP contribution in [0.15, 0.2) is 30.3 Å². The molecule has 0 bridgehead atoms. The van der Waals surface area contributed by atoms with Gasteiger partial charge in [0.2, 0.25) is 0 Å². The van der Waals surface area contributed by atoms with Crippen LogP contribution in [0.2, 0.25) is 24.8 Å². The topological polar surface area (TPSA) is 42.9 Å². The first-order valence-electron chi connectivity index (χ1n) is 6.69. The van der Waals surface area contributed by atoms with Crippen LogP contribution in [0.3, 0.4) is 0 Å². The van der Waals surface area contributed by atoms with Crippen LogP contribution >= 0.6 is 11.6 Å². The van der Waals surface area contributed by atoms with Crippen molar-refractivity contribution in [1.82, 2.24) is 10.2 Å². The van der Waals surface area contributed by atoms with Crippen LogP contribution in [-0.2, 0) is 4.79 Å². The third kappa shape index (κ3) is 3.39. The number of nitrogens with zero attached hydrogens (tertiary/aromatic N) is 2. The Bertz CT molecular complexity index is 681. The van der Waals surface area contributed by atoms with E-state index in [0.717, 1.165) is 12.1 Å². The van der Waals surface area contributed by atoms with Gasteiger partial charge in [-0.05, 0) is 24.3 Å². The zero-order valence-corrected chi connectivity index (χ0v) is 14.2. The molecule has 0 aliphatic carbocycles. The summed E-state index contributed by atoms with van der Waals surface area (Å²) in [5, 5.41) is 7.48. The molecular weight excluding hydrogens is 326 g/mol. The molecule has 0 aliphatic heterocycles. The number of hydrogen-bond acceptors (Lipinski definition) is 3. The van der Waals surface area contributed by atoms with Gasteiger partial charge in [-0.15, -0.1) is 5.10 Å². The Kier molecular flexibility index (Phi) is 4.72. The predicted octanol–water partition coefficient (Wildman–Crippen LogP) is 3.99. The van der Waals surface area contributed by atoms with Gasteiger partial charge in [-0.25, -0.2) is 8.78 Å². The molecule has 3 nitrogen and oxygen atoms in total. The van der Waals surface area contributed by atoms with Gasteiger partial charge in [-0.3, -0.25) is 0 Å². The summed E-state index contributed by atoms with van der Waals surface area (Å²) in [5.74, 6) is -2.65. The summed E-state index contributed by atoms with van der Waals surface area (Å²) in [4.78, 5) is 12.8. The molecule has 1 unspecified atom stereocenters. The lowest BCUT2D eigenvalue weighted by Gasteiger charge is -2.23. The molecule has 22 heavy (non-hydrogen) atoms. The normalized spacial score (nSPS) is 13.0. The van der Waals surface area contributed by atoms with Crippen molar-refractivity contribution in [2.75, 3.05) is 0 Å². The summed E-state index contributed by atoms with van der Waals surface area (Å²) >= 11 is 5.70. The zero-order chi connectivity index (χ0) is 16.5. The van der Waals surface area contributed by atoms with Crippen molar-refractivity contribution in [3.05, 3.63) is 58.4 Å². The monoisotopic (exact) mass is 340 g/mol. The van der Waals surface area contributed by atoms with Crippen molar-refractivity contribution in [3.8, 4) is 0 Å². The quantitative estimate of drug-likeness (QED) is 0.790. The Morgan fingerprint density at radius 1 is 1.09 bits per heavy atom. The van der Waals surface area contributed by atoms with Crippen molar-refractivity contribution < 1.29 is 13.6 Å². The minimum Gasteiger partial charge on any atom is -0.304 e. The van der Waals surface area contributed by atoms with Crippen LogP contribution in [0.25, 0.3) is 0 Å². The van der Waals surface area contributed by atoms with Crippen molar-refractivity contribution >= 4 is 25.1 Å². The first kappa shape index (κ1) is 16.7. The zero-order valence-electron chi connectivity index (χ0n) is 12.4. The van der Waals surface area contributed by atoms with E-state index in [9.17, 15) is 13.6 Å². The van der Waals surface area contributed by atoms with Gasteiger partial charge >= 0.3 is 0 Å². The van der Waals surface area contributed by atoms with Gasteiger partial charge in [0.15, 0.2) is 5.15 Å². The highest BCUT2D eigenvalue weighted by Crippen LogP contribution is 2.31. The van der Waals surface area contributed by atoms with Crippen molar-refractivity contribution in [2.24, 2.45) is 0 Å². The molecule has 116 valence electrons. The first-order chi connectivity index (χ1) is 10.2. The summed E-state index contributed by atoms with van der Waals surface area (Å²) in [6.45, 7) is 5.47. The minimum atomic E-state index is -2.32. The van der Waals surface area contributed by atoms with Crippen LogP contribution in [0, 0.1) is 11.6 Å². The lowest BCUT2D eigenvalue weighted by atomic mass is 9.95. The molecule has 0 saturated heterocycles. The fourth-order valence-electron chi connectivity index (χ4n) is 2.11. The lowest BCUT2D eigenvalue weighted by Crippen LogP contribution is -2.39. The maximum atomic E-state index is 14.2. The smallest absolute Gasteiger partial charge is 0.151 e. The van der Waals surface area contributed by atoms with Gasteiger partial charge < -0.3 is 4.79 Å². The Labute approximate surface area is 133 Å². The van der Waals surface area contributed by atoms with E-state index in [1.165, 1.54) is 18.2 Å². The van der Waals surface area contributed by atoms with Gasteiger partial charge in [0.05, 0.1) is 11.6 Å². The SMILES string of the molecule is C[Si](C)(C)C(=O)C(c1ccc(Cl)nn1)c1c(F)cccc1F. The van der Waals surface area contributed by atoms with Gasteiger partial charge in [0.25, 0.3) is 0 Å². The Balaban J connectivity index is 2.66. The van der Waals surface area contributed by atoms with Crippen LogP contribution in [0.4, 0.5) is 8.78 Å². The van der Waals surface area contributed by atoms with E-state index < -0.39 is 25.6 Å². The summed E-state index contributed by atoms with van der Waals surface area (Å²) in [7, 11) is -2.32. The van der Waals surface area contributed by atoms with Gasteiger partial charge in [0.1, 0.15) is 25.1 Å². The van der Waals surface area contributed by atoms with Crippen LogP contribution in [0.5, 0.6) is 0 Å². The van der Waals surface area contributed by atoms with E-state index in [1.54, 1.807) is 0 Å². The summed E-state index contributed by atoms with van der Waals surface area (Å²) < 4.78 is 28.3. The molecule has 0 amide bonds. The van der Waals surface area contributed by atoms with E-state index in [1.807, 2.05) is 19.6 Å². The van der Waals surface area contributed by atoms with Crippen LogP contribution < -0.4 is 0 Å². The second-order valence-corrected chi connectivity index (χ2v) is 11.3.